The van der Waals surface area contributed by atoms with Gasteiger partial charge in [-0.25, -0.2) is 18.4 Å². The predicted octanol–water partition coefficient (Wildman–Crippen LogP) is 3.16. The smallest absolute Gasteiger partial charge is 0.417 e. The molecule has 0 aromatic heterocycles. The second kappa shape index (κ2) is 12.6. The van der Waals surface area contributed by atoms with Crippen molar-refractivity contribution in [3.63, 3.8) is 0 Å². The molecule has 3 aliphatic heterocycles. The van der Waals surface area contributed by atoms with Crippen LogP contribution in [0.5, 0.6) is 0 Å². The molecule has 0 radical (unpaired) electrons. The molecule has 1 aromatic carbocycles. The van der Waals surface area contributed by atoms with Crippen LogP contribution in [-0.4, -0.2) is 66.3 Å². The zero-order chi connectivity index (χ0) is 29.6. The summed E-state index contributed by atoms with van der Waals surface area (Å²) >= 11 is 0. The van der Waals surface area contributed by atoms with E-state index in [-0.39, 0.29) is 52.9 Å². The van der Waals surface area contributed by atoms with Gasteiger partial charge in [-0.15, -0.1) is 0 Å². The summed E-state index contributed by atoms with van der Waals surface area (Å²) in [5.41, 5.74) is -0.0358. The van der Waals surface area contributed by atoms with Crippen molar-refractivity contribution in [1.82, 2.24) is 9.80 Å². The van der Waals surface area contributed by atoms with E-state index in [2.05, 4.69) is 39.5 Å². The van der Waals surface area contributed by atoms with Crippen LogP contribution in [0.15, 0.2) is 18.2 Å². The normalized spacial score (nSPS) is 30.5. The van der Waals surface area contributed by atoms with Crippen molar-refractivity contribution in [2.75, 3.05) is 32.8 Å². The van der Waals surface area contributed by atoms with E-state index in [1.54, 1.807) is 6.07 Å². The minimum atomic E-state index is -0.573. The maximum absolute atomic E-state index is 14.7. The number of nitrogens with one attached hydrogen (secondary N) is 1. The molecule has 4 atom stereocenters. The van der Waals surface area contributed by atoms with Gasteiger partial charge in [-0.05, 0) is 80.8 Å². The van der Waals surface area contributed by atoms with E-state index in [9.17, 15) is 18.4 Å². The van der Waals surface area contributed by atoms with Crippen molar-refractivity contribution in [1.29, 1.82) is 0 Å². The Morgan fingerprint density at radius 2 is 1.81 bits per heavy atom. The first-order valence-corrected chi connectivity index (χ1v) is 15.9. The molecular formula is C33H50ClF2N3O3. The second-order valence-electron chi connectivity index (χ2n) is 15.0. The highest BCUT2D eigenvalue weighted by atomic mass is 35.5. The molecule has 1 saturated carbocycles. The van der Waals surface area contributed by atoms with Crippen LogP contribution in [0.1, 0.15) is 104 Å². The summed E-state index contributed by atoms with van der Waals surface area (Å²) in [6.07, 6.45) is 9.23. The number of halogens is 3. The van der Waals surface area contributed by atoms with Gasteiger partial charge in [0.25, 0.3) is 0 Å². The Morgan fingerprint density at radius 3 is 2.43 bits per heavy atom. The van der Waals surface area contributed by atoms with Crippen LogP contribution < -0.4 is 17.3 Å². The number of urea groups is 1. The maximum Gasteiger partial charge on any atom is 0.417 e. The number of rotatable bonds is 4. The fourth-order valence-electron chi connectivity index (χ4n) is 8.27. The lowest BCUT2D eigenvalue weighted by atomic mass is 9.59. The van der Waals surface area contributed by atoms with Gasteiger partial charge in [0.1, 0.15) is 18.2 Å². The molecule has 9 heteroatoms. The number of carbonyl (C=O) groups excluding carboxylic acids is 2. The number of cyclic esters (lactones) is 1. The Labute approximate surface area is 256 Å². The zero-order valence-corrected chi connectivity index (χ0v) is 26.9. The number of likely N-dealkylation sites (tertiary alicyclic amines) is 2. The average Bonchev–Trinajstić information content (AvgIpc) is 3.19. The zero-order valence-electron chi connectivity index (χ0n) is 26.1. The van der Waals surface area contributed by atoms with Crippen LogP contribution in [0.25, 0.3) is 0 Å². The molecule has 1 N–H and O–H groups in total. The number of amides is 3. The summed E-state index contributed by atoms with van der Waals surface area (Å²) in [6.45, 7) is 13.9. The number of carbonyl (C=O) groups is 2. The first-order valence-electron chi connectivity index (χ1n) is 15.9. The number of hydrogen-bond donors (Lipinski definition) is 1. The van der Waals surface area contributed by atoms with Gasteiger partial charge >= 0.3 is 12.1 Å². The highest BCUT2D eigenvalue weighted by Gasteiger charge is 2.54. The first-order chi connectivity index (χ1) is 19.3. The molecule has 236 valence electrons. The molecule has 3 amide bonds. The molecule has 4 aliphatic rings. The van der Waals surface area contributed by atoms with Crippen molar-refractivity contribution in [3.05, 3.63) is 35.4 Å². The summed E-state index contributed by atoms with van der Waals surface area (Å²) in [4.78, 5) is 32.1. The Balaban J connectivity index is 0.00000405. The quantitative estimate of drug-likeness (QED) is 0.571. The maximum atomic E-state index is 14.7. The lowest BCUT2D eigenvalue weighted by molar-refractivity contribution is -0.827. The summed E-state index contributed by atoms with van der Waals surface area (Å²) in [5, 5.41) is 0. The van der Waals surface area contributed by atoms with Gasteiger partial charge < -0.3 is 17.1 Å². The van der Waals surface area contributed by atoms with Crippen molar-refractivity contribution in [2.45, 2.75) is 110 Å². The van der Waals surface area contributed by atoms with E-state index in [4.69, 9.17) is 4.74 Å². The van der Waals surface area contributed by atoms with Gasteiger partial charge in [0.15, 0.2) is 0 Å². The molecule has 4 fully saturated rings. The molecule has 42 heavy (non-hydrogen) atoms. The van der Waals surface area contributed by atoms with Gasteiger partial charge in [0.2, 0.25) is 0 Å². The van der Waals surface area contributed by atoms with Crippen LogP contribution in [-0.2, 0) is 4.74 Å². The standard InChI is InChI=1S/C33H49F2N3O3.ClH/c1-31(2,3)28-19-33(24-11-7-6-8-12-24,21-38-30(40)41-22-32(38,4)5)15-17-37(28)29(39)36-16-9-10-23(20-36)26-14-13-25(34)18-27(26)35;/h13-14,18,23-24,28H,6-12,15-17,19-22H2,1-5H3;1H. The topological polar surface area (TPSA) is 54.3 Å². The van der Waals surface area contributed by atoms with E-state index >= 15 is 0 Å². The predicted molar refractivity (Wildman–Crippen MR) is 155 cm³/mol. The molecule has 4 unspecified atom stereocenters. The molecule has 0 spiro atoms. The summed E-state index contributed by atoms with van der Waals surface area (Å²) in [6, 6.07) is 3.95. The summed E-state index contributed by atoms with van der Waals surface area (Å²) in [7, 11) is 0. The molecule has 1 aromatic rings. The fraction of sp³-hybridized carbons (Fsp3) is 0.758. The van der Waals surface area contributed by atoms with Gasteiger partial charge in [0.05, 0.1) is 18.6 Å². The molecule has 5 rings (SSSR count). The summed E-state index contributed by atoms with van der Waals surface area (Å²) in [5.74, 6) is -0.674. The molecule has 1 aliphatic carbocycles. The van der Waals surface area contributed by atoms with Gasteiger partial charge in [0, 0.05) is 31.1 Å². The number of piperidine rings is 2. The van der Waals surface area contributed by atoms with E-state index in [0.717, 1.165) is 43.2 Å². The van der Waals surface area contributed by atoms with Gasteiger partial charge in [-0.2, -0.15) is 0 Å². The van der Waals surface area contributed by atoms with Crippen molar-refractivity contribution in [3.8, 4) is 0 Å². The molecule has 0 bridgehead atoms. The Morgan fingerprint density at radius 1 is 1.10 bits per heavy atom. The molecule has 3 saturated heterocycles. The monoisotopic (exact) mass is 609 g/mol. The van der Waals surface area contributed by atoms with Crippen molar-refractivity contribution in [2.24, 2.45) is 16.7 Å². The largest absolute Gasteiger partial charge is 1.00 e. The lowest BCUT2D eigenvalue weighted by Gasteiger charge is -2.55. The highest BCUT2D eigenvalue weighted by molar-refractivity contribution is 5.71. The Kier molecular flexibility index (Phi) is 9.88. The van der Waals surface area contributed by atoms with Gasteiger partial charge in [-0.1, -0.05) is 46.1 Å². The Hall–Kier alpha value is -1.93. The third kappa shape index (κ3) is 6.59. The number of quaternary nitrogens is 1. The molecular weight excluding hydrogens is 560 g/mol. The van der Waals surface area contributed by atoms with Crippen LogP contribution >= 0.6 is 0 Å². The van der Waals surface area contributed by atoms with Crippen molar-refractivity contribution >= 4 is 12.1 Å². The highest BCUT2D eigenvalue weighted by Crippen LogP contribution is 2.51. The first kappa shape index (κ1) is 33.0. The van der Waals surface area contributed by atoms with Crippen LogP contribution in [0.2, 0.25) is 0 Å². The van der Waals surface area contributed by atoms with Crippen molar-refractivity contribution < 1.29 is 40.4 Å². The number of benzene rings is 1. The summed E-state index contributed by atoms with van der Waals surface area (Å²) < 4.78 is 33.8. The van der Waals surface area contributed by atoms with E-state index in [1.807, 2.05) is 4.90 Å². The minimum absolute atomic E-state index is 0. The number of ether oxygens (including phenoxy) is 1. The lowest BCUT2D eigenvalue weighted by Crippen LogP contribution is -3.17. The SMILES string of the molecule is CC(C)(C)C1CC(CN2C(=O)OCC2(C)C)(C2CCCCC2)CCN1C(=O)[NH+]1CCCC(c2ccc(F)cc2F)C1.[Cl-]. The molecule has 6 nitrogen and oxygen atoms in total. The van der Waals surface area contributed by atoms with Crippen LogP contribution in [0.4, 0.5) is 18.4 Å². The third-order valence-corrected chi connectivity index (χ3v) is 10.8. The minimum Gasteiger partial charge on any atom is -1.00 e. The fourth-order valence-corrected chi connectivity index (χ4v) is 8.27. The molecule has 3 heterocycles. The number of nitrogens with zero attached hydrogens (tertiary/aromatic N) is 2. The third-order valence-electron chi connectivity index (χ3n) is 10.8. The van der Waals surface area contributed by atoms with Crippen LogP contribution in [0.3, 0.4) is 0 Å². The number of hydrogen-bond acceptors (Lipinski definition) is 3. The van der Waals surface area contributed by atoms with Gasteiger partial charge in [-0.3, -0.25) is 14.7 Å². The average molecular weight is 610 g/mol. The van der Waals surface area contributed by atoms with E-state index in [1.165, 1.54) is 38.2 Å². The van der Waals surface area contributed by atoms with E-state index in [0.29, 0.717) is 37.7 Å². The second-order valence-corrected chi connectivity index (χ2v) is 15.0. The van der Waals surface area contributed by atoms with E-state index < -0.39 is 11.6 Å². The van der Waals surface area contributed by atoms with Crippen LogP contribution in [0, 0.1) is 28.4 Å². The Bertz CT molecular complexity index is 1140.